The van der Waals surface area contributed by atoms with Crippen LogP contribution < -0.4 is 5.32 Å². The summed E-state index contributed by atoms with van der Waals surface area (Å²) in [5.74, 6) is 0.166. The van der Waals surface area contributed by atoms with Crippen molar-refractivity contribution >= 4 is 5.91 Å². The second kappa shape index (κ2) is 6.16. The molecule has 2 rings (SSSR count). The molecule has 0 radical (unpaired) electrons. The molecule has 19 heavy (non-hydrogen) atoms. The molecular formula is C13H23N5O. The Morgan fingerprint density at radius 3 is 2.84 bits per heavy atom. The zero-order chi connectivity index (χ0) is 13.8. The minimum atomic E-state index is 0.0363. The van der Waals surface area contributed by atoms with Crippen molar-refractivity contribution < 1.29 is 4.79 Å². The molecule has 106 valence electrons. The van der Waals surface area contributed by atoms with Crippen molar-refractivity contribution in [1.29, 1.82) is 0 Å². The number of carbonyl (C=O) groups is 1. The van der Waals surface area contributed by atoms with Crippen LogP contribution in [0.5, 0.6) is 0 Å². The maximum absolute atomic E-state index is 11.9. The van der Waals surface area contributed by atoms with Gasteiger partial charge in [0.1, 0.15) is 0 Å². The summed E-state index contributed by atoms with van der Waals surface area (Å²) in [4.78, 5) is 16.4. The summed E-state index contributed by atoms with van der Waals surface area (Å²) < 4.78 is 1.81. The monoisotopic (exact) mass is 265 g/mol. The number of rotatable bonds is 3. The number of likely N-dealkylation sites (N-methyl/N-ethyl adjacent to an activating group) is 1. The van der Waals surface area contributed by atoms with Gasteiger partial charge in [-0.3, -0.25) is 14.4 Å². The van der Waals surface area contributed by atoms with Gasteiger partial charge in [0.25, 0.3) is 0 Å². The highest BCUT2D eigenvalue weighted by atomic mass is 16.1. The molecule has 0 bridgehead atoms. The van der Waals surface area contributed by atoms with E-state index in [9.17, 15) is 4.79 Å². The molecule has 0 unspecified atom stereocenters. The predicted molar refractivity (Wildman–Crippen MR) is 73.5 cm³/mol. The molecule has 2 heterocycles. The quantitative estimate of drug-likeness (QED) is 0.803. The fourth-order valence-corrected chi connectivity index (χ4v) is 2.57. The molecule has 1 saturated heterocycles. The smallest absolute Gasteiger partial charge is 0.225 e. The lowest BCUT2D eigenvalue weighted by atomic mass is 10.1. The van der Waals surface area contributed by atoms with Gasteiger partial charge in [-0.15, -0.1) is 0 Å². The maximum atomic E-state index is 11.9. The zero-order valence-corrected chi connectivity index (χ0v) is 12.0. The van der Waals surface area contributed by atoms with Gasteiger partial charge >= 0.3 is 0 Å². The van der Waals surface area contributed by atoms with Crippen LogP contribution in [0.4, 0.5) is 0 Å². The average Bonchev–Trinajstić information content (AvgIpc) is 2.69. The van der Waals surface area contributed by atoms with Gasteiger partial charge < -0.3 is 10.2 Å². The minimum absolute atomic E-state index is 0.0363. The van der Waals surface area contributed by atoms with Crippen molar-refractivity contribution in [2.24, 2.45) is 13.0 Å². The highest BCUT2D eigenvalue weighted by Gasteiger charge is 2.25. The van der Waals surface area contributed by atoms with Crippen LogP contribution in [0.1, 0.15) is 5.56 Å². The van der Waals surface area contributed by atoms with Crippen LogP contribution >= 0.6 is 0 Å². The molecule has 0 aliphatic carbocycles. The molecule has 1 fully saturated rings. The molecule has 1 atom stereocenters. The van der Waals surface area contributed by atoms with Crippen molar-refractivity contribution in [1.82, 2.24) is 24.9 Å². The number of aryl methyl sites for hydroxylation is 1. The Hall–Kier alpha value is -1.40. The number of hydrogen-bond acceptors (Lipinski definition) is 4. The van der Waals surface area contributed by atoms with Crippen molar-refractivity contribution in [3.63, 3.8) is 0 Å². The van der Waals surface area contributed by atoms with E-state index < -0.39 is 0 Å². The standard InChI is InChI=1S/C13H23N5O/c1-14-13(19)12-9-16(2)4-5-18(10-12)8-11-6-15-17(3)7-11/h6-7,12H,4-5,8-10H2,1-3H3,(H,14,19)/t12-/m1/s1. The van der Waals surface area contributed by atoms with Crippen LogP contribution in [0.15, 0.2) is 12.4 Å². The number of nitrogens with one attached hydrogen (secondary N) is 1. The zero-order valence-electron chi connectivity index (χ0n) is 12.0. The molecule has 6 nitrogen and oxygen atoms in total. The summed E-state index contributed by atoms with van der Waals surface area (Å²) in [5, 5.41) is 6.95. The third-order valence-corrected chi connectivity index (χ3v) is 3.59. The normalized spacial score (nSPS) is 22.2. The van der Waals surface area contributed by atoms with E-state index in [1.54, 1.807) is 7.05 Å². The topological polar surface area (TPSA) is 53.4 Å². The lowest BCUT2D eigenvalue weighted by molar-refractivity contribution is -0.125. The Morgan fingerprint density at radius 2 is 2.21 bits per heavy atom. The molecule has 1 aromatic heterocycles. The molecule has 0 aromatic carbocycles. The number of nitrogens with zero attached hydrogens (tertiary/aromatic N) is 4. The molecule has 0 saturated carbocycles. The highest BCUT2D eigenvalue weighted by molar-refractivity contribution is 5.78. The summed E-state index contributed by atoms with van der Waals surface area (Å²) >= 11 is 0. The average molecular weight is 265 g/mol. The van der Waals surface area contributed by atoms with Crippen LogP contribution in [-0.4, -0.2) is 65.8 Å². The van der Waals surface area contributed by atoms with Crippen molar-refractivity contribution in [3.05, 3.63) is 18.0 Å². The Labute approximate surface area is 114 Å². The van der Waals surface area contributed by atoms with Gasteiger partial charge in [-0.1, -0.05) is 0 Å². The number of aromatic nitrogens is 2. The first-order valence-electron chi connectivity index (χ1n) is 6.68. The first kappa shape index (κ1) is 14.0. The molecule has 1 N–H and O–H groups in total. The van der Waals surface area contributed by atoms with Gasteiger partial charge in [0, 0.05) is 58.6 Å². The molecule has 1 aliphatic heterocycles. The van der Waals surface area contributed by atoms with Gasteiger partial charge in [-0.05, 0) is 7.05 Å². The number of amides is 1. The molecular weight excluding hydrogens is 242 g/mol. The van der Waals surface area contributed by atoms with E-state index >= 15 is 0 Å². The van der Waals surface area contributed by atoms with E-state index in [4.69, 9.17) is 0 Å². The van der Waals surface area contributed by atoms with Crippen molar-refractivity contribution in [2.45, 2.75) is 6.54 Å². The van der Waals surface area contributed by atoms with Crippen LogP contribution in [0, 0.1) is 5.92 Å². The van der Waals surface area contributed by atoms with Crippen LogP contribution in [0.25, 0.3) is 0 Å². The second-order valence-electron chi connectivity index (χ2n) is 5.33. The summed E-state index contributed by atoms with van der Waals surface area (Å²) in [6.45, 7) is 4.46. The van der Waals surface area contributed by atoms with E-state index in [0.29, 0.717) is 0 Å². The fourth-order valence-electron chi connectivity index (χ4n) is 2.57. The van der Waals surface area contributed by atoms with E-state index in [1.807, 2.05) is 24.1 Å². The van der Waals surface area contributed by atoms with E-state index in [0.717, 1.165) is 32.7 Å². The van der Waals surface area contributed by atoms with E-state index in [-0.39, 0.29) is 11.8 Å². The van der Waals surface area contributed by atoms with Crippen LogP contribution in [0.2, 0.25) is 0 Å². The lowest BCUT2D eigenvalue weighted by Gasteiger charge is -2.22. The molecule has 1 amide bonds. The molecule has 0 spiro atoms. The Bertz CT molecular complexity index is 430. The van der Waals surface area contributed by atoms with Gasteiger partial charge in [0.05, 0.1) is 12.1 Å². The predicted octanol–water partition coefficient (Wildman–Crippen LogP) is -0.470. The minimum Gasteiger partial charge on any atom is -0.359 e. The maximum Gasteiger partial charge on any atom is 0.225 e. The van der Waals surface area contributed by atoms with Gasteiger partial charge in [-0.2, -0.15) is 5.10 Å². The van der Waals surface area contributed by atoms with Gasteiger partial charge in [0.15, 0.2) is 0 Å². The van der Waals surface area contributed by atoms with Crippen molar-refractivity contribution in [3.8, 4) is 0 Å². The first-order valence-corrected chi connectivity index (χ1v) is 6.68. The second-order valence-corrected chi connectivity index (χ2v) is 5.33. The molecule has 6 heteroatoms. The fraction of sp³-hybridized carbons (Fsp3) is 0.692. The molecule has 1 aliphatic rings. The van der Waals surface area contributed by atoms with E-state index in [2.05, 4.69) is 27.3 Å². The van der Waals surface area contributed by atoms with Gasteiger partial charge in [0.2, 0.25) is 5.91 Å². The Balaban J connectivity index is 2.01. The summed E-state index contributed by atoms with van der Waals surface area (Å²) in [6, 6.07) is 0. The Morgan fingerprint density at radius 1 is 1.42 bits per heavy atom. The Kier molecular flexibility index (Phi) is 4.55. The van der Waals surface area contributed by atoms with Crippen molar-refractivity contribution in [2.75, 3.05) is 40.3 Å². The summed E-state index contributed by atoms with van der Waals surface area (Å²) in [5.41, 5.74) is 1.20. The SMILES string of the molecule is CNC(=O)[C@@H]1CN(C)CCN(Cc2cnn(C)c2)C1. The third kappa shape index (κ3) is 3.78. The highest BCUT2D eigenvalue weighted by Crippen LogP contribution is 2.12. The number of hydrogen-bond donors (Lipinski definition) is 1. The number of carbonyl (C=O) groups excluding carboxylic acids is 1. The van der Waals surface area contributed by atoms with Gasteiger partial charge in [-0.25, -0.2) is 0 Å². The van der Waals surface area contributed by atoms with Crippen LogP contribution in [0.3, 0.4) is 0 Å². The first-order chi connectivity index (χ1) is 9.08. The van der Waals surface area contributed by atoms with Crippen LogP contribution in [-0.2, 0) is 18.4 Å². The third-order valence-electron chi connectivity index (χ3n) is 3.59. The lowest BCUT2D eigenvalue weighted by Crippen LogP contribution is -2.39. The molecule has 1 aromatic rings. The largest absolute Gasteiger partial charge is 0.359 e. The summed E-state index contributed by atoms with van der Waals surface area (Å²) in [7, 11) is 5.70. The summed E-state index contributed by atoms with van der Waals surface area (Å²) in [6.07, 6.45) is 3.92. The van der Waals surface area contributed by atoms with E-state index in [1.165, 1.54) is 5.56 Å².